The number of hydrogen-bond acceptors (Lipinski definition) is 3. The number of carbonyl (C=O) groups is 1. The number of halogens is 1. The van der Waals surface area contributed by atoms with Crippen molar-refractivity contribution in [3.8, 4) is 0 Å². The summed E-state index contributed by atoms with van der Waals surface area (Å²) < 4.78 is 0. The predicted molar refractivity (Wildman–Crippen MR) is 70.6 cm³/mol. The molecule has 1 amide bonds. The smallest absolute Gasteiger partial charge is 0.251 e. The summed E-state index contributed by atoms with van der Waals surface area (Å²) in [5.74, 6) is 0.497. The molecule has 1 rings (SSSR count). The Morgan fingerprint density at radius 1 is 1.47 bits per heavy atom. The van der Waals surface area contributed by atoms with E-state index in [9.17, 15) is 4.79 Å². The number of nitrogens with one attached hydrogen (secondary N) is 2. The van der Waals surface area contributed by atoms with Crippen molar-refractivity contribution in [3.05, 3.63) is 22.8 Å². The Morgan fingerprint density at radius 3 is 2.76 bits per heavy atom. The predicted octanol–water partition coefficient (Wildman–Crippen LogP) is 2.70. The first-order valence-corrected chi connectivity index (χ1v) is 6.17. The van der Waals surface area contributed by atoms with Gasteiger partial charge in [-0.05, 0) is 32.4 Å². The van der Waals surface area contributed by atoms with Gasteiger partial charge in [-0.1, -0.05) is 18.5 Å². The largest absolute Gasteiger partial charge is 0.370 e. The second kappa shape index (κ2) is 6.45. The molecule has 4 nitrogen and oxygen atoms in total. The number of nitrogens with zero attached hydrogens (tertiary/aromatic N) is 1. The van der Waals surface area contributed by atoms with Crippen molar-refractivity contribution in [2.45, 2.75) is 33.2 Å². The fraction of sp³-hybridized carbons (Fsp3) is 0.500. The van der Waals surface area contributed by atoms with Gasteiger partial charge >= 0.3 is 0 Å². The van der Waals surface area contributed by atoms with Gasteiger partial charge in [0, 0.05) is 18.2 Å². The van der Waals surface area contributed by atoms with Crippen LogP contribution in [-0.2, 0) is 0 Å². The monoisotopic (exact) mass is 255 g/mol. The van der Waals surface area contributed by atoms with Crippen LogP contribution < -0.4 is 10.6 Å². The number of anilines is 1. The van der Waals surface area contributed by atoms with E-state index in [1.165, 1.54) is 0 Å². The molecule has 0 aliphatic heterocycles. The maximum atomic E-state index is 11.9. The van der Waals surface area contributed by atoms with Crippen LogP contribution in [0.25, 0.3) is 0 Å². The molecule has 17 heavy (non-hydrogen) atoms. The number of aromatic nitrogens is 1. The molecular formula is C12H18ClN3O. The van der Waals surface area contributed by atoms with E-state index in [1.54, 1.807) is 12.1 Å². The van der Waals surface area contributed by atoms with Gasteiger partial charge in [0.25, 0.3) is 5.91 Å². The van der Waals surface area contributed by atoms with E-state index >= 15 is 0 Å². The number of pyridine rings is 1. The summed E-state index contributed by atoms with van der Waals surface area (Å²) >= 11 is 5.87. The Bertz CT molecular complexity index is 395. The number of amides is 1. The summed E-state index contributed by atoms with van der Waals surface area (Å²) in [4.78, 5) is 16.0. The third-order valence-electron chi connectivity index (χ3n) is 2.40. The van der Waals surface area contributed by atoms with Gasteiger partial charge in [-0.2, -0.15) is 0 Å². The lowest BCUT2D eigenvalue weighted by Gasteiger charge is -2.12. The minimum Gasteiger partial charge on any atom is -0.370 e. The topological polar surface area (TPSA) is 54.0 Å². The molecule has 0 bridgehead atoms. The lowest BCUT2D eigenvalue weighted by Crippen LogP contribution is -2.32. The zero-order valence-electron chi connectivity index (χ0n) is 10.4. The van der Waals surface area contributed by atoms with E-state index in [1.807, 2.05) is 20.8 Å². The highest BCUT2D eigenvalue weighted by molar-refractivity contribution is 6.29. The molecule has 1 aromatic heterocycles. The van der Waals surface area contributed by atoms with Gasteiger partial charge in [0.05, 0.1) is 0 Å². The molecule has 0 aromatic carbocycles. The van der Waals surface area contributed by atoms with Gasteiger partial charge in [-0.25, -0.2) is 4.98 Å². The summed E-state index contributed by atoms with van der Waals surface area (Å²) in [5, 5.41) is 6.24. The zero-order valence-corrected chi connectivity index (χ0v) is 11.1. The Balaban J connectivity index is 2.85. The zero-order chi connectivity index (χ0) is 12.8. The van der Waals surface area contributed by atoms with Crippen molar-refractivity contribution in [2.24, 2.45) is 0 Å². The van der Waals surface area contributed by atoms with Gasteiger partial charge in [0.15, 0.2) is 0 Å². The molecule has 2 N–H and O–H groups in total. The Hall–Kier alpha value is -1.29. The molecule has 1 aromatic rings. The van der Waals surface area contributed by atoms with Crippen LogP contribution in [0, 0.1) is 0 Å². The number of hydrogen-bond donors (Lipinski definition) is 2. The summed E-state index contributed by atoms with van der Waals surface area (Å²) in [7, 11) is 0. The van der Waals surface area contributed by atoms with Crippen LogP contribution in [0.5, 0.6) is 0 Å². The van der Waals surface area contributed by atoms with E-state index < -0.39 is 0 Å². The molecule has 0 saturated carbocycles. The Morgan fingerprint density at radius 2 is 2.18 bits per heavy atom. The fourth-order valence-corrected chi connectivity index (χ4v) is 1.52. The van der Waals surface area contributed by atoms with Crippen molar-refractivity contribution in [1.29, 1.82) is 0 Å². The minimum atomic E-state index is -0.122. The van der Waals surface area contributed by atoms with Gasteiger partial charge in [0.1, 0.15) is 11.0 Å². The van der Waals surface area contributed by atoms with Crippen LogP contribution in [-0.4, -0.2) is 23.5 Å². The standard InChI is InChI=1S/C12H18ClN3O/c1-4-8(3)15-12(17)9-6-10(13)16-11(7-9)14-5-2/h6-8H,4-5H2,1-3H3,(H,14,16)(H,15,17). The second-order valence-corrected chi connectivity index (χ2v) is 4.26. The first kappa shape index (κ1) is 13.8. The highest BCUT2D eigenvalue weighted by Gasteiger charge is 2.11. The van der Waals surface area contributed by atoms with E-state index in [4.69, 9.17) is 11.6 Å². The van der Waals surface area contributed by atoms with Gasteiger partial charge < -0.3 is 10.6 Å². The Kier molecular flexibility index (Phi) is 5.22. The van der Waals surface area contributed by atoms with Crippen LogP contribution in [0.4, 0.5) is 5.82 Å². The second-order valence-electron chi connectivity index (χ2n) is 3.88. The van der Waals surface area contributed by atoms with Gasteiger partial charge in [-0.3, -0.25) is 4.79 Å². The SMILES string of the molecule is CCNc1cc(C(=O)NC(C)CC)cc(Cl)n1. The highest BCUT2D eigenvalue weighted by atomic mass is 35.5. The van der Waals surface area contributed by atoms with Gasteiger partial charge in [0.2, 0.25) is 0 Å². The summed E-state index contributed by atoms with van der Waals surface area (Å²) in [6.07, 6.45) is 0.893. The average molecular weight is 256 g/mol. The van der Waals surface area contributed by atoms with E-state index in [-0.39, 0.29) is 11.9 Å². The van der Waals surface area contributed by atoms with Gasteiger partial charge in [-0.15, -0.1) is 0 Å². The van der Waals surface area contributed by atoms with Crippen molar-refractivity contribution < 1.29 is 4.79 Å². The van der Waals surface area contributed by atoms with E-state index in [0.29, 0.717) is 16.5 Å². The summed E-state index contributed by atoms with van der Waals surface area (Å²) in [5.41, 5.74) is 0.529. The molecule has 0 radical (unpaired) electrons. The quantitative estimate of drug-likeness (QED) is 0.796. The molecule has 1 unspecified atom stereocenters. The van der Waals surface area contributed by atoms with Crippen LogP contribution >= 0.6 is 11.6 Å². The van der Waals surface area contributed by atoms with E-state index in [0.717, 1.165) is 13.0 Å². The third-order valence-corrected chi connectivity index (χ3v) is 2.60. The summed E-state index contributed by atoms with van der Waals surface area (Å²) in [6.45, 7) is 6.68. The maximum Gasteiger partial charge on any atom is 0.251 e. The first-order chi connectivity index (χ1) is 8.06. The van der Waals surface area contributed by atoms with Crippen LogP contribution in [0.15, 0.2) is 12.1 Å². The van der Waals surface area contributed by atoms with Crippen molar-refractivity contribution in [2.75, 3.05) is 11.9 Å². The highest BCUT2D eigenvalue weighted by Crippen LogP contribution is 2.14. The molecule has 5 heteroatoms. The van der Waals surface area contributed by atoms with Crippen molar-refractivity contribution in [3.63, 3.8) is 0 Å². The molecule has 0 saturated heterocycles. The Labute approximate surface area is 107 Å². The molecule has 1 atom stereocenters. The molecule has 0 spiro atoms. The molecule has 0 fully saturated rings. The lowest BCUT2D eigenvalue weighted by molar-refractivity contribution is 0.0939. The lowest BCUT2D eigenvalue weighted by atomic mass is 10.2. The first-order valence-electron chi connectivity index (χ1n) is 5.79. The minimum absolute atomic E-state index is 0.122. The number of carbonyl (C=O) groups excluding carboxylic acids is 1. The molecule has 0 aliphatic carbocycles. The third kappa shape index (κ3) is 4.23. The molecule has 0 aliphatic rings. The average Bonchev–Trinajstić information content (AvgIpc) is 2.28. The van der Waals surface area contributed by atoms with Crippen LogP contribution in [0.1, 0.15) is 37.6 Å². The van der Waals surface area contributed by atoms with Crippen LogP contribution in [0.2, 0.25) is 5.15 Å². The van der Waals surface area contributed by atoms with Crippen molar-refractivity contribution >= 4 is 23.3 Å². The molecule has 94 valence electrons. The van der Waals surface area contributed by atoms with Crippen molar-refractivity contribution in [1.82, 2.24) is 10.3 Å². The normalized spacial score (nSPS) is 12.0. The fourth-order valence-electron chi connectivity index (χ4n) is 1.31. The maximum absolute atomic E-state index is 11.9. The molecular weight excluding hydrogens is 238 g/mol. The van der Waals surface area contributed by atoms with Crippen LogP contribution in [0.3, 0.4) is 0 Å². The number of rotatable bonds is 5. The van der Waals surface area contributed by atoms with E-state index in [2.05, 4.69) is 15.6 Å². The summed E-state index contributed by atoms with van der Waals surface area (Å²) in [6, 6.07) is 3.42. The molecule has 1 heterocycles.